The van der Waals surface area contributed by atoms with Crippen LogP contribution in [0.4, 0.5) is 0 Å². The van der Waals surface area contributed by atoms with Crippen LogP contribution in [0.5, 0.6) is 11.5 Å². The summed E-state index contributed by atoms with van der Waals surface area (Å²) in [4.78, 5) is 0. The molecule has 29 heavy (non-hydrogen) atoms. The molecule has 3 aromatic carbocycles. The maximum atomic E-state index is 13.0. The molecule has 1 unspecified atom stereocenters. The Morgan fingerprint density at radius 1 is 0.759 bits per heavy atom. The Bertz CT molecular complexity index is 1190. The van der Waals surface area contributed by atoms with Gasteiger partial charge in [0.05, 0.1) is 5.02 Å². The Labute approximate surface area is 186 Å². The van der Waals surface area contributed by atoms with E-state index in [9.17, 15) is 23.2 Å². The van der Waals surface area contributed by atoms with E-state index in [0.717, 1.165) is 18.2 Å². The molecule has 3 N–H and O–H groups in total. The molecule has 0 saturated carbocycles. The van der Waals surface area contributed by atoms with Gasteiger partial charge in [0, 0.05) is 26.7 Å². The third kappa shape index (κ3) is 3.89. The molecule has 0 heterocycles. The van der Waals surface area contributed by atoms with Crippen LogP contribution in [0.25, 0.3) is 0 Å². The van der Waals surface area contributed by atoms with Gasteiger partial charge >= 0.3 is 0 Å². The summed E-state index contributed by atoms with van der Waals surface area (Å²) in [6.45, 7) is 0. The first-order valence-corrected chi connectivity index (χ1v) is 10.8. The van der Waals surface area contributed by atoms with Crippen LogP contribution in [-0.4, -0.2) is 23.2 Å². The molecule has 0 aliphatic heterocycles. The molecule has 0 aromatic heterocycles. The Hall–Kier alpha value is -1.67. The van der Waals surface area contributed by atoms with Crippen molar-refractivity contribution in [1.29, 1.82) is 0 Å². The third-order valence-electron chi connectivity index (χ3n) is 4.32. The highest BCUT2D eigenvalue weighted by molar-refractivity contribution is 7.87. The van der Waals surface area contributed by atoms with Crippen molar-refractivity contribution in [1.82, 2.24) is 0 Å². The first-order chi connectivity index (χ1) is 13.5. The number of hydrogen-bond donors (Lipinski definition) is 3. The van der Waals surface area contributed by atoms with Gasteiger partial charge in [-0.15, -0.1) is 0 Å². The van der Waals surface area contributed by atoms with Crippen molar-refractivity contribution in [2.24, 2.45) is 0 Å². The highest BCUT2D eigenvalue weighted by Gasteiger charge is 2.50. The van der Waals surface area contributed by atoms with Crippen LogP contribution >= 0.6 is 46.4 Å². The van der Waals surface area contributed by atoms with Gasteiger partial charge in [-0.05, 0) is 47.5 Å². The minimum atomic E-state index is -5.04. The van der Waals surface area contributed by atoms with Crippen molar-refractivity contribution < 1.29 is 23.2 Å². The average Bonchev–Trinajstić information content (AvgIpc) is 2.58. The summed E-state index contributed by atoms with van der Waals surface area (Å²) in [5.74, 6) is -0.728. The molecular weight excluding hydrogens is 482 g/mol. The molecule has 0 fully saturated rings. The summed E-state index contributed by atoms with van der Waals surface area (Å²) in [5, 5.41) is 19.7. The molecular formula is C19H12Cl4O5S. The molecule has 0 aliphatic rings. The van der Waals surface area contributed by atoms with Gasteiger partial charge < -0.3 is 10.2 Å². The zero-order valence-corrected chi connectivity index (χ0v) is 18.1. The molecule has 0 amide bonds. The van der Waals surface area contributed by atoms with Gasteiger partial charge in [0.2, 0.25) is 0 Å². The Morgan fingerprint density at radius 2 is 1.41 bits per heavy atom. The highest BCUT2D eigenvalue weighted by atomic mass is 35.5. The van der Waals surface area contributed by atoms with Crippen LogP contribution in [0.2, 0.25) is 20.1 Å². The van der Waals surface area contributed by atoms with Gasteiger partial charge in [-0.1, -0.05) is 58.5 Å². The predicted octanol–water partition coefficient (Wildman–Crippen LogP) is 5.89. The largest absolute Gasteiger partial charge is 0.508 e. The standard InChI is InChI=1S/C19H12Cl4O5S/c20-12-3-1-2-10(4-12)19(29(26,27)28,11-5-13(21)7-14(24)6-11)15-8-17(23)18(25)9-16(15)22/h1-9,24-25H,(H,26,27,28). The van der Waals surface area contributed by atoms with Gasteiger partial charge in [0.15, 0.2) is 4.75 Å². The summed E-state index contributed by atoms with van der Waals surface area (Å²) in [7, 11) is -5.04. The summed E-state index contributed by atoms with van der Waals surface area (Å²) in [6, 6.07) is 11.5. The molecule has 5 nitrogen and oxygen atoms in total. The first-order valence-electron chi connectivity index (χ1n) is 7.88. The number of aromatic hydroxyl groups is 2. The number of benzene rings is 3. The van der Waals surface area contributed by atoms with E-state index >= 15 is 0 Å². The van der Waals surface area contributed by atoms with E-state index in [0.29, 0.717) is 0 Å². The number of halogens is 4. The van der Waals surface area contributed by atoms with E-state index in [4.69, 9.17) is 46.4 Å². The van der Waals surface area contributed by atoms with Crippen molar-refractivity contribution in [2.45, 2.75) is 4.75 Å². The first kappa shape index (κ1) is 22.0. The molecule has 0 saturated heterocycles. The number of hydrogen-bond acceptors (Lipinski definition) is 4. The minimum Gasteiger partial charge on any atom is -0.508 e. The topological polar surface area (TPSA) is 94.8 Å². The van der Waals surface area contributed by atoms with Crippen molar-refractivity contribution in [2.75, 3.05) is 0 Å². The quantitative estimate of drug-likeness (QED) is 0.311. The van der Waals surface area contributed by atoms with Crippen molar-refractivity contribution in [3.8, 4) is 11.5 Å². The van der Waals surface area contributed by atoms with E-state index in [-0.39, 0.29) is 48.3 Å². The van der Waals surface area contributed by atoms with Crippen molar-refractivity contribution in [3.63, 3.8) is 0 Å². The summed E-state index contributed by atoms with van der Waals surface area (Å²) < 4.78 is 34.0. The Balaban J connectivity index is 2.60. The Kier molecular flexibility index (Phi) is 5.98. The summed E-state index contributed by atoms with van der Waals surface area (Å²) in [6.07, 6.45) is 0. The second kappa shape index (κ2) is 7.87. The highest BCUT2D eigenvalue weighted by Crippen LogP contribution is 2.49. The third-order valence-corrected chi connectivity index (χ3v) is 6.86. The fourth-order valence-corrected chi connectivity index (χ4v) is 5.43. The molecule has 3 aromatic rings. The van der Waals surface area contributed by atoms with E-state index in [1.165, 1.54) is 36.4 Å². The lowest BCUT2D eigenvalue weighted by Crippen LogP contribution is -2.38. The van der Waals surface area contributed by atoms with Crippen molar-refractivity contribution in [3.05, 3.63) is 91.4 Å². The maximum absolute atomic E-state index is 13.0. The fourth-order valence-electron chi connectivity index (χ4n) is 3.21. The zero-order valence-electron chi connectivity index (χ0n) is 14.3. The van der Waals surface area contributed by atoms with Crippen LogP contribution in [0, 0.1) is 0 Å². The summed E-state index contributed by atoms with van der Waals surface area (Å²) in [5.41, 5.74) is -0.276. The van der Waals surface area contributed by atoms with Crippen molar-refractivity contribution >= 4 is 56.5 Å². The second-order valence-electron chi connectivity index (χ2n) is 6.15. The van der Waals surface area contributed by atoms with Crippen LogP contribution in [0.3, 0.4) is 0 Å². The molecule has 0 aliphatic carbocycles. The zero-order chi connectivity index (χ0) is 21.6. The smallest absolute Gasteiger partial charge is 0.283 e. The van der Waals surface area contributed by atoms with Crippen LogP contribution in [-0.2, 0) is 14.9 Å². The van der Waals surface area contributed by atoms with Gasteiger partial charge in [-0.3, -0.25) is 4.55 Å². The van der Waals surface area contributed by atoms with E-state index in [1.807, 2.05) is 0 Å². The lowest BCUT2D eigenvalue weighted by atomic mass is 9.83. The maximum Gasteiger partial charge on any atom is 0.283 e. The van der Waals surface area contributed by atoms with Gasteiger partial charge in [-0.25, -0.2) is 0 Å². The number of rotatable bonds is 4. The molecule has 0 radical (unpaired) electrons. The number of phenolic OH excluding ortho intramolecular Hbond substituents is 2. The SMILES string of the molecule is O=S(=O)(O)C(c1cccc(Cl)c1)(c1cc(O)cc(Cl)c1)c1cc(Cl)c(O)cc1Cl. The molecule has 0 bridgehead atoms. The Morgan fingerprint density at radius 3 is 2.00 bits per heavy atom. The monoisotopic (exact) mass is 492 g/mol. The van der Waals surface area contributed by atoms with Crippen LogP contribution in [0.1, 0.15) is 16.7 Å². The molecule has 0 spiro atoms. The fraction of sp³-hybridized carbons (Fsp3) is 0.0526. The molecule has 1 atom stereocenters. The van der Waals surface area contributed by atoms with Gasteiger partial charge in [0.25, 0.3) is 10.1 Å². The predicted molar refractivity (Wildman–Crippen MR) is 114 cm³/mol. The lowest BCUT2D eigenvalue weighted by Gasteiger charge is -2.33. The average molecular weight is 494 g/mol. The van der Waals surface area contributed by atoms with E-state index in [1.54, 1.807) is 0 Å². The van der Waals surface area contributed by atoms with Gasteiger partial charge in [0.1, 0.15) is 11.5 Å². The summed E-state index contributed by atoms with van der Waals surface area (Å²) >= 11 is 24.4. The van der Waals surface area contributed by atoms with E-state index < -0.39 is 14.9 Å². The second-order valence-corrected chi connectivity index (χ2v) is 9.40. The molecule has 10 heteroatoms. The normalized spacial score (nSPS) is 13.8. The lowest BCUT2D eigenvalue weighted by molar-refractivity contribution is 0.455. The van der Waals surface area contributed by atoms with Crippen LogP contribution in [0.15, 0.2) is 54.6 Å². The number of phenols is 2. The van der Waals surface area contributed by atoms with E-state index in [2.05, 4.69) is 0 Å². The molecule has 152 valence electrons. The van der Waals surface area contributed by atoms with Crippen LogP contribution < -0.4 is 0 Å². The van der Waals surface area contributed by atoms with Gasteiger partial charge in [-0.2, -0.15) is 8.42 Å². The molecule has 3 rings (SSSR count). The minimum absolute atomic E-state index is 0.0102.